The van der Waals surface area contributed by atoms with Crippen molar-refractivity contribution in [3.8, 4) is 5.75 Å². The van der Waals surface area contributed by atoms with Crippen LogP contribution in [0.3, 0.4) is 0 Å². The third-order valence-corrected chi connectivity index (χ3v) is 4.42. The third kappa shape index (κ3) is 4.57. The van der Waals surface area contributed by atoms with E-state index in [1.807, 2.05) is 24.3 Å². The fraction of sp³-hybridized carbons (Fsp3) is 0.500. The fourth-order valence-electron chi connectivity index (χ4n) is 3.17. The number of carbonyl (C=O) groups excluding carboxylic acids is 1. The van der Waals surface area contributed by atoms with Crippen LogP contribution in [0, 0.1) is 6.92 Å². The molecule has 3 rings (SSSR count). The highest BCUT2D eigenvalue weighted by Crippen LogP contribution is 2.29. The van der Waals surface area contributed by atoms with Crippen molar-refractivity contribution in [2.24, 2.45) is 0 Å². The molecule has 1 aliphatic rings. The Bertz CT molecular complexity index is 716. The molecule has 7 nitrogen and oxygen atoms in total. The van der Waals surface area contributed by atoms with E-state index in [0.717, 1.165) is 37.1 Å². The van der Waals surface area contributed by atoms with E-state index in [1.165, 1.54) is 0 Å². The van der Waals surface area contributed by atoms with Crippen molar-refractivity contribution in [3.05, 3.63) is 41.5 Å². The summed E-state index contributed by atoms with van der Waals surface area (Å²) in [6.07, 6.45) is 2.77. The van der Waals surface area contributed by atoms with Crippen LogP contribution in [0.1, 0.15) is 36.2 Å². The van der Waals surface area contributed by atoms with Gasteiger partial charge in [-0.05, 0) is 43.5 Å². The average Bonchev–Trinajstić information content (AvgIpc) is 3.23. The zero-order valence-electron chi connectivity index (χ0n) is 14.7. The number of benzene rings is 1. The first-order valence-corrected chi connectivity index (χ1v) is 8.59. The molecular weight excluding hydrogens is 320 g/mol. The third-order valence-electron chi connectivity index (χ3n) is 4.42. The molecule has 0 saturated carbocycles. The molecule has 25 heavy (non-hydrogen) atoms. The maximum Gasteiger partial charge on any atom is 0.234 e. The Balaban J connectivity index is 1.47. The number of nitrogens with zero attached hydrogens (tertiary/aromatic N) is 3. The highest BCUT2D eigenvalue weighted by atomic mass is 16.5. The second kappa shape index (κ2) is 8.11. The molecule has 1 aromatic carbocycles. The molecule has 0 aliphatic carbocycles. The van der Waals surface area contributed by atoms with Gasteiger partial charge < -0.3 is 14.6 Å². The van der Waals surface area contributed by atoms with E-state index >= 15 is 0 Å². The first-order valence-electron chi connectivity index (χ1n) is 8.59. The van der Waals surface area contributed by atoms with Crippen LogP contribution in [0.15, 0.2) is 28.8 Å². The minimum absolute atomic E-state index is 0.0232. The molecule has 1 amide bonds. The lowest BCUT2D eigenvalue weighted by Gasteiger charge is -2.21. The van der Waals surface area contributed by atoms with Gasteiger partial charge in [-0.3, -0.25) is 9.69 Å². The summed E-state index contributed by atoms with van der Waals surface area (Å²) in [6, 6.07) is 7.96. The Labute approximate surface area is 147 Å². The Kier molecular flexibility index (Phi) is 5.65. The maximum absolute atomic E-state index is 12.3. The zero-order chi connectivity index (χ0) is 17.6. The average molecular weight is 344 g/mol. The SMILES string of the molecule is COc1cccc(CCNC(=O)CN2CCCC2c2noc(C)n2)c1. The highest BCUT2D eigenvalue weighted by molar-refractivity contribution is 5.78. The van der Waals surface area contributed by atoms with Gasteiger partial charge in [0.2, 0.25) is 11.8 Å². The number of carbonyl (C=O) groups is 1. The standard InChI is InChI=1S/C18H24N4O3/c1-13-20-18(21-25-13)16-7-4-10-22(16)12-17(23)19-9-8-14-5-3-6-15(11-14)24-2/h3,5-6,11,16H,4,7-10,12H2,1-2H3,(H,19,23). The lowest BCUT2D eigenvalue weighted by Crippen LogP contribution is -2.38. The predicted octanol–water partition coefficient (Wildman–Crippen LogP) is 1.88. The van der Waals surface area contributed by atoms with Crippen LogP contribution in [0.25, 0.3) is 0 Å². The Morgan fingerprint density at radius 1 is 1.48 bits per heavy atom. The molecular formula is C18H24N4O3. The Morgan fingerprint density at radius 2 is 2.36 bits per heavy atom. The van der Waals surface area contributed by atoms with E-state index < -0.39 is 0 Å². The van der Waals surface area contributed by atoms with E-state index in [-0.39, 0.29) is 11.9 Å². The van der Waals surface area contributed by atoms with Crippen molar-refractivity contribution >= 4 is 5.91 Å². The number of likely N-dealkylation sites (tertiary alicyclic amines) is 1. The number of ether oxygens (including phenoxy) is 1. The summed E-state index contributed by atoms with van der Waals surface area (Å²) < 4.78 is 10.3. The Hall–Kier alpha value is -2.41. The fourth-order valence-corrected chi connectivity index (χ4v) is 3.17. The molecule has 1 N–H and O–H groups in total. The van der Waals surface area contributed by atoms with Crippen LogP contribution in [0.5, 0.6) is 5.75 Å². The van der Waals surface area contributed by atoms with Crippen LogP contribution < -0.4 is 10.1 Å². The molecule has 2 aromatic rings. The second-order valence-corrected chi connectivity index (χ2v) is 6.25. The number of nitrogens with one attached hydrogen (secondary N) is 1. The van der Waals surface area contributed by atoms with E-state index in [4.69, 9.17) is 9.26 Å². The van der Waals surface area contributed by atoms with Crippen molar-refractivity contribution in [1.29, 1.82) is 0 Å². The van der Waals surface area contributed by atoms with E-state index in [9.17, 15) is 4.79 Å². The van der Waals surface area contributed by atoms with E-state index in [1.54, 1.807) is 14.0 Å². The summed E-state index contributed by atoms with van der Waals surface area (Å²) in [5.41, 5.74) is 1.14. The van der Waals surface area contributed by atoms with Crippen molar-refractivity contribution in [3.63, 3.8) is 0 Å². The minimum Gasteiger partial charge on any atom is -0.497 e. The summed E-state index contributed by atoms with van der Waals surface area (Å²) >= 11 is 0. The smallest absolute Gasteiger partial charge is 0.234 e. The van der Waals surface area contributed by atoms with Crippen molar-refractivity contribution in [2.75, 3.05) is 26.7 Å². The quantitative estimate of drug-likeness (QED) is 0.826. The van der Waals surface area contributed by atoms with Crippen LogP contribution in [0.4, 0.5) is 0 Å². The van der Waals surface area contributed by atoms with Gasteiger partial charge >= 0.3 is 0 Å². The number of rotatable bonds is 7. The highest BCUT2D eigenvalue weighted by Gasteiger charge is 2.30. The van der Waals surface area contributed by atoms with Gasteiger partial charge in [0.05, 0.1) is 19.7 Å². The van der Waals surface area contributed by atoms with E-state index in [0.29, 0.717) is 24.8 Å². The number of hydrogen-bond donors (Lipinski definition) is 1. The van der Waals surface area contributed by atoms with Crippen LogP contribution in [-0.4, -0.2) is 47.7 Å². The topological polar surface area (TPSA) is 80.5 Å². The first kappa shape index (κ1) is 17.4. The molecule has 1 aromatic heterocycles. The molecule has 1 unspecified atom stereocenters. The monoisotopic (exact) mass is 344 g/mol. The summed E-state index contributed by atoms with van der Waals surface area (Å²) in [4.78, 5) is 18.7. The first-order chi connectivity index (χ1) is 12.2. The molecule has 0 radical (unpaired) electrons. The van der Waals surface area contributed by atoms with Gasteiger partial charge in [0.15, 0.2) is 5.82 Å². The summed E-state index contributed by atoms with van der Waals surface area (Å²) in [6.45, 7) is 3.62. The van der Waals surface area contributed by atoms with Gasteiger partial charge in [-0.15, -0.1) is 0 Å². The number of aryl methyl sites for hydroxylation is 1. The Morgan fingerprint density at radius 3 is 3.12 bits per heavy atom. The van der Waals surface area contributed by atoms with Gasteiger partial charge in [-0.1, -0.05) is 17.3 Å². The van der Waals surface area contributed by atoms with Gasteiger partial charge in [-0.2, -0.15) is 4.98 Å². The molecule has 1 saturated heterocycles. The van der Waals surface area contributed by atoms with Gasteiger partial charge in [-0.25, -0.2) is 0 Å². The van der Waals surface area contributed by atoms with Gasteiger partial charge in [0, 0.05) is 13.5 Å². The molecule has 0 bridgehead atoms. The summed E-state index contributed by atoms with van der Waals surface area (Å²) in [5, 5.41) is 6.99. The molecule has 2 heterocycles. The lowest BCUT2D eigenvalue weighted by molar-refractivity contribution is -0.122. The number of aromatic nitrogens is 2. The zero-order valence-corrected chi connectivity index (χ0v) is 14.7. The number of methoxy groups -OCH3 is 1. The van der Waals surface area contributed by atoms with Gasteiger partial charge in [0.1, 0.15) is 5.75 Å². The number of hydrogen-bond acceptors (Lipinski definition) is 6. The second-order valence-electron chi connectivity index (χ2n) is 6.25. The van der Waals surface area contributed by atoms with Gasteiger partial charge in [0.25, 0.3) is 0 Å². The normalized spacial score (nSPS) is 17.6. The molecule has 1 atom stereocenters. The molecule has 7 heteroatoms. The molecule has 1 fully saturated rings. The van der Waals surface area contributed by atoms with Crippen molar-refractivity contribution in [2.45, 2.75) is 32.2 Å². The molecule has 0 spiro atoms. The van der Waals surface area contributed by atoms with Crippen LogP contribution >= 0.6 is 0 Å². The van der Waals surface area contributed by atoms with Crippen LogP contribution in [0.2, 0.25) is 0 Å². The largest absolute Gasteiger partial charge is 0.497 e. The van der Waals surface area contributed by atoms with E-state index in [2.05, 4.69) is 20.4 Å². The van der Waals surface area contributed by atoms with Crippen molar-refractivity contribution < 1.29 is 14.1 Å². The van der Waals surface area contributed by atoms with Crippen LogP contribution in [-0.2, 0) is 11.2 Å². The summed E-state index contributed by atoms with van der Waals surface area (Å²) in [7, 11) is 1.65. The molecule has 134 valence electrons. The maximum atomic E-state index is 12.3. The van der Waals surface area contributed by atoms with Crippen molar-refractivity contribution in [1.82, 2.24) is 20.4 Å². The minimum atomic E-state index is 0.0232. The predicted molar refractivity (Wildman–Crippen MR) is 92.3 cm³/mol. The lowest BCUT2D eigenvalue weighted by atomic mass is 10.1. The molecule has 1 aliphatic heterocycles. The summed E-state index contributed by atoms with van der Waals surface area (Å²) in [5.74, 6) is 2.10. The number of amides is 1.